The molecule has 90 valence electrons. The molecular weight excluding hydrogens is 250 g/mol. The fourth-order valence-electron chi connectivity index (χ4n) is 1.25. The number of hydrogen-bond acceptors (Lipinski definition) is 4. The highest BCUT2D eigenvalue weighted by molar-refractivity contribution is 7.91. The lowest BCUT2D eigenvalue weighted by Gasteiger charge is -2.06. The Kier molecular flexibility index (Phi) is 3.41. The van der Waals surface area contributed by atoms with Gasteiger partial charge in [-0.2, -0.15) is 0 Å². The van der Waals surface area contributed by atoms with E-state index < -0.39 is 19.9 Å². The van der Waals surface area contributed by atoms with Crippen LogP contribution in [0.25, 0.3) is 0 Å². The SMILES string of the molecule is CCS(=O)(=O)c1ccc(C)c(S(N)(=O)=O)c1. The van der Waals surface area contributed by atoms with E-state index in [-0.39, 0.29) is 15.5 Å². The van der Waals surface area contributed by atoms with E-state index in [4.69, 9.17) is 5.14 Å². The lowest BCUT2D eigenvalue weighted by molar-refractivity contribution is 0.595. The van der Waals surface area contributed by atoms with Crippen molar-refractivity contribution >= 4 is 19.9 Å². The molecule has 0 radical (unpaired) electrons. The monoisotopic (exact) mass is 263 g/mol. The van der Waals surface area contributed by atoms with E-state index >= 15 is 0 Å². The van der Waals surface area contributed by atoms with Crippen LogP contribution in [-0.4, -0.2) is 22.6 Å². The van der Waals surface area contributed by atoms with Crippen LogP contribution in [-0.2, 0) is 19.9 Å². The Morgan fingerprint density at radius 2 is 1.75 bits per heavy atom. The first kappa shape index (κ1) is 13.1. The molecule has 0 fully saturated rings. The van der Waals surface area contributed by atoms with Gasteiger partial charge in [-0.3, -0.25) is 0 Å². The van der Waals surface area contributed by atoms with Crippen LogP contribution in [0.15, 0.2) is 28.0 Å². The molecule has 1 aromatic carbocycles. The molecule has 0 saturated carbocycles. The fourth-order valence-corrected chi connectivity index (χ4v) is 3.04. The van der Waals surface area contributed by atoms with Crippen molar-refractivity contribution < 1.29 is 16.8 Å². The normalized spacial score (nSPS) is 12.7. The van der Waals surface area contributed by atoms with Crippen LogP contribution in [0.1, 0.15) is 12.5 Å². The summed E-state index contributed by atoms with van der Waals surface area (Å²) in [5.74, 6) is -0.0832. The molecule has 1 aromatic rings. The Labute approximate surface area is 95.3 Å². The summed E-state index contributed by atoms with van der Waals surface area (Å²) in [6.45, 7) is 3.05. The van der Waals surface area contributed by atoms with E-state index in [1.165, 1.54) is 19.1 Å². The number of nitrogens with two attached hydrogens (primary N) is 1. The highest BCUT2D eigenvalue weighted by atomic mass is 32.2. The minimum absolute atomic E-state index is 0.0235. The van der Waals surface area contributed by atoms with Crippen LogP contribution in [0.4, 0.5) is 0 Å². The van der Waals surface area contributed by atoms with E-state index in [1.54, 1.807) is 6.92 Å². The quantitative estimate of drug-likeness (QED) is 0.855. The minimum atomic E-state index is -3.89. The summed E-state index contributed by atoms with van der Waals surface area (Å²) < 4.78 is 45.5. The molecule has 16 heavy (non-hydrogen) atoms. The van der Waals surface area contributed by atoms with Gasteiger partial charge in [-0.25, -0.2) is 22.0 Å². The first-order chi connectivity index (χ1) is 7.18. The number of sulfone groups is 1. The predicted molar refractivity (Wildman–Crippen MR) is 60.3 cm³/mol. The molecular formula is C9H13NO4S2. The molecule has 0 unspecified atom stereocenters. The molecule has 1 rings (SSSR count). The Morgan fingerprint density at radius 1 is 1.19 bits per heavy atom. The summed E-state index contributed by atoms with van der Waals surface area (Å²) in [7, 11) is -7.31. The van der Waals surface area contributed by atoms with Gasteiger partial charge >= 0.3 is 0 Å². The number of aryl methyl sites for hydroxylation is 1. The average molecular weight is 263 g/mol. The van der Waals surface area contributed by atoms with Gasteiger partial charge in [0.2, 0.25) is 10.0 Å². The van der Waals surface area contributed by atoms with Crippen molar-refractivity contribution in [3.8, 4) is 0 Å². The molecule has 0 spiro atoms. The lowest BCUT2D eigenvalue weighted by Crippen LogP contribution is -2.15. The maximum Gasteiger partial charge on any atom is 0.238 e. The van der Waals surface area contributed by atoms with Crippen molar-refractivity contribution in [2.24, 2.45) is 5.14 Å². The molecule has 0 heterocycles. The molecule has 0 amide bonds. The van der Waals surface area contributed by atoms with Gasteiger partial charge in [0.15, 0.2) is 9.84 Å². The van der Waals surface area contributed by atoms with Gasteiger partial charge in [-0.1, -0.05) is 13.0 Å². The summed E-state index contributed by atoms with van der Waals surface area (Å²) in [5.41, 5.74) is 0.428. The van der Waals surface area contributed by atoms with Gasteiger partial charge in [0.05, 0.1) is 15.5 Å². The molecule has 0 bridgehead atoms. The van der Waals surface area contributed by atoms with Crippen LogP contribution in [0, 0.1) is 6.92 Å². The summed E-state index contributed by atoms with van der Waals surface area (Å²) in [6.07, 6.45) is 0. The molecule has 0 atom stereocenters. The Balaban J connectivity index is 3.53. The van der Waals surface area contributed by atoms with Crippen molar-refractivity contribution in [3.63, 3.8) is 0 Å². The van der Waals surface area contributed by atoms with E-state index in [2.05, 4.69) is 0 Å². The highest BCUT2D eigenvalue weighted by Gasteiger charge is 2.17. The number of hydrogen-bond donors (Lipinski definition) is 1. The molecule has 0 aromatic heterocycles. The van der Waals surface area contributed by atoms with Gasteiger partial charge in [0, 0.05) is 0 Å². The molecule has 5 nitrogen and oxygen atoms in total. The Morgan fingerprint density at radius 3 is 2.19 bits per heavy atom. The van der Waals surface area contributed by atoms with E-state index in [1.807, 2.05) is 0 Å². The highest BCUT2D eigenvalue weighted by Crippen LogP contribution is 2.19. The number of sulfonamides is 1. The molecule has 0 saturated heterocycles. The second-order valence-corrected chi connectivity index (χ2v) is 7.18. The minimum Gasteiger partial charge on any atom is -0.225 e. The molecule has 0 aliphatic carbocycles. The number of primary sulfonamides is 1. The first-order valence-corrected chi connectivity index (χ1v) is 7.74. The molecule has 0 aliphatic rings. The van der Waals surface area contributed by atoms with Crippen molar-refractivity contribution in [1.29, 1.82) is 0 Å². The van der Waals surface area contributed by atoms with Crippen LogP contribution >= 0.6 is 0 Å². The van der Waals surface area contributed by atoms with Crippen LogP contribution in [0.2, 0.25) is 0 Å². The van der Waals surface area contributed by atoms with E-state index in [9.17, 15) is 16.8 Å². The Bertz CT molecular complexity index is 602. The number of benzene rings is 1. The lowest BCUT2D eigenvalue weighted by atomic mass is 10.2. The third-order valence-corrected chi connectivity index (χ3v) is 4.99. The van der Waals surface area contributed by atoms with Gasteiger partial charge in [0.1, 0.15) is 0 Å². The predicted octanol–water partition coefficient (Wildman–Crippen LogP) is 0.436. The van der Waals surface area contributed by atoms with Gasteiger partial charge in [-0.15, -0.1) is 0 Å². The van der Waals surface area contributed by atoms with Gasteiger partial charge in [-0.05, 0) is 24.6 Å². The van der Waals surface area contributed by atoms with Crippen LogP contribution in [0.3, 0.4) is 0 Å². The van der Waals surface area contributed by atoms with Crippen LogP contribution in [0.5, 0.6) is 0 Å². The fraction of sp³-hybridized carbons (Fsp3) is 0.333. The zero-order valence-electron chi connectivity index (χ0n) is 8.97. The molecule has 2 N–H and O–H groups in total. The largest absolute Gasteiger partial charge is 0.238 e. The Hall–Kier alpha value is -0.920. The topological polar surface area (TPSA) is 94.3 Å². The third-order valence-electron chi connectivity index (χ3n) is 2.21. The van der Waals surface area contributed by atoms with Gasteiger partial charge in [0.25, 0.3) is 0 Å². The zero-order valence-corrected chi connectivity index (χ0v) is 10.6. The maximum absolute atomic E-state index is 11.6. The number of rotatable bonds is 3. The van der Waals surface area contributed by atoms with Crippen molar-refractivity contribution in [1.82, 2.24) is 0 Å². The van der Waals surface area contributed by atoms with Crippen molar-refractivity contribution in [2.45, 2.75) is 23.6 Å². The zero-order chi connectivity index (χ0) is 12.6. The summed E-state index contributed by atoms with van der Waals surface area (Å²) in [6, 6.07) is 3.91. The first-order valence-electron chi connectivity index (χ1n) is 4.54. The van der Waals surface area contributed by atoms with Gasteiger partial charge < -0.3 is 0 Å². The van der Waals surface area contributed by atoms with Crippen LogP contribution < -0.4 is 5.14 Å². The average Bonchev–Trinajstić information content (AvgIpc) is 2.16. The van der Waals surface area contributed by atoms with E-state index in [0.717, 1.165) is 6.07 Å². The third kappa shape index (κ3) is 2.60. The van der Waals surface area contributed by atoms with Crippen molar-refractivity contribution in [3.05, 3.63) is 23.8 Å². The second-order valence-electron chi connectivity index (χ2n) is 3.38. The smallest absolute Gasteiger partial charge is 0.225 e. The molecule has 0 aliphatic heterocycles. The summed E-state index contributed by atoms with van der Waals surface area (Å²) in [5, 5.41) is 4.99. The second kappa shape index (κ2) is 4.15. The summed E-state index contributed by atoms with van der Waals surface area (Å²) >= 11 is 0. The van der Waals surface area contributed by atoms with E-state index in [0.29, 0.717) is 5.56 Å². The molecule has 7 heteroatoms. The summed E-state index contributed by atoms with van der Waals surface area (Å²) in [4.78, 5) is -0.174. The maximum atomic E-state index is 11.6. The standard InChI is InChI=1S/C9H13NO4S2/c1-3-15(11,12)8-5-4-7(2)9(6-8)16(10,13)14/h4-6H,3H2,1-2H3,(H2,10,13,14). The van der Waals surface area contributed by atoms with Crippen molar-refractivity contribution in [2.75, 3.05) is 5.75 Å².